The van der Waals surface area contributed by atoms with Crippen LogP contribution in [0, 0.1) is 11.7 Å². The van der Waals surface area contributed by atoms with Gasteiger partial charge in [0.2, 0.25) is 6.79 Å². The molecule has 0 amide bonds. The van der Waals surface area contributed by atoms with E-state index in [0.29, 0.717) is 38.9 Å². The van der Waals surface area contributed by atoms with Gasteiger partial charge in [0.25, 0.3) is 0 Å². The molecule has 0 aromatic heterocycles. The Hall–Kier alpha value is -3.75. The Morgan fingerprint density at radius 1 is 1.05 bits per heavy atom. The fourth-order valence-corrected chi connectivity index (χ4v) is 7.08. The van der Waals surface area contributed by atoms with E-state index in [-0.39, 0.29) is 28.8 Å². The Morgan fingerprint density at radius 3 is 2.48 bits per heavy atom. The summed E-state index contributed by atoms with van der Waals surface area (Å²) in [5.74, 6) is 1.54. The lowest BCUT2D eigenvalue weighted by Crippen LogP contribution is -2.53. The molecule has 3 aromatic rings. The van der Waals surface area contributed by atoms with Crippen molar-refractivity contribution in [2.75, 3.05) is 32.9 Å². The first-order chi connectivity index (χ1) is 21.3. The summed E-state index contributed by atoms with van der Waals surface area (Å²) in [5, 5.41) is 3.20. The second kappa shape index (κ2) is 12.3. The Labute approximate surface area is 262 Å². The number of rotatable bonds is 10. The number of hydrogen-bond donors (Lipinski definition) is 1. The number of hydrogen-bond acceptors (Lipinski definition) is 7. The van der Waals surface area contributed by atoms with E-state index in [0.717, 1.165) is 34.8 Å². The van der Waals surface area contributed by atoms with Crippen molar-refractivity contribution in [2.24, 2.45) is 5.92 Å². The molecule has 1 heterocycles. The molecule has 0 bridgehead atoms. The lowest BCUT2D eigenvalue weighted by Gasteiger charge is -2.46. The van der Waals surface area contributed by atoms with E-state index >= 15 is 0 Å². The fourth-order valence-electron chi connectivity index (χ4n) is 6.91. The minimum atomic E-state index is -1.09. The first kappa shape index (κ1) is 30.3. The van der Waals surface area contributed by atoms with Crippen molar-refractivity contribution >= 4 is 29.3 Å². The van der Waals surface area contributed by atoms with Gasteiger partial charge in [-0.1, -0.05) is 48.4 Å². The molecule has 7 nitrogen and oxygen atoms in total. The van der Waals surface area contributed by atoms with Crippen LogP contribution in [0.15, 0.2) is 60.2 Å². The maximum atomic E-state index is 15.0. The smallest absolute Gasteiger partial charge is 0.331 e. The van der Waals surface area contributed by atoms with Crippen LogP contribution in [0.5, 0.6) is 17.2 Å². The highest BCUT2D eigenvalue weighted by Gasteiger charge is 2.52. The molecule has 0 unspecified atom stereocenters. The number of carbonyl (C=O) groups excluding carboxylic acids is 1. The molecule has 2 aliphatic carbocycles. The minimum absolute atomic E-state index is 0.00323. The van der Waals surface area contributed by atoms with Gasteiger partial charge in [-0.05, 0) is 91.1 Å². The van der Waals surface area contributed by atoms with Crippen molar-refractivity contribution in [3.63, 3.8) is 0 Å². The summed E-state index contributed by atoms with van der Waals surface area (Å²) < 4.78 is 43.1. The number of allylic oxidation sites excluding steroid dienone is 1. The van der Waals surface area contributed by atoms with Crippen molar-refractivity contribution in [3.8, 4) is 17.2 Å². The summed E-state index contributed by atoms with van der Waals surface area (Å²) in [6.45, 7) is 3.52. The molecule has 3 aliphatic rings. The molecule has 1 aliphatic heterocycles. The van der Waals surface area contributed by atoms with Gasteiger partial charge < -0.3 is 29.0 Å². The lowest BCUT2D eigenvalue weighted by atomic mass is 9.61. The maximum absolute atomic E-state index is 15.0. The third-order valence-electron chi connectivity index (χ3n) is 9.26. The standard InChI is InChI=1S/C35H37ClFNO6/c1-22(19-42-20-23-7-9-26(40-2)10-8-23)15-25-16-24-17-30-31(44-21-43-30)18-27(24)34(25)11-13-35(14-12-34,33(39)41-3)38-29-6-4-5-28(36)32(29)37/h4-10,16-18,22,38H,11-15,19-21H2,1-3H3/t22-,34?,35?/m1/s1. The third kappa shape index (κ3) is 5.61. The molecule has 1 spiro atoms. The Morgan fingerprint density at radius 2 is 1.77 bits per heavy atom. The van der Waals surface area contributed by atoms with E-state index in [1.165, 1.54) is 24.3 Å². The fraction of sp³-hybridized carbons (Fsp3) is 0.400. The van der Waals surface area contributed by atoms with Gasteiger partial charge in [-0.15, -0.1) is 0 Å². The first-order valence-electron chi connectivity index (χ1n) is 14.9. The predicted molar refractivity (Wildman–Crippen MR) is 167 cm³/mol. The Bertz CT molecular complexity index is 1560. The Kier molecular flexibility index (Phi) is 8.49. The number of fused-ring (bicyclic) bond motifs is 3. The summed E-state index contributed by atoms with van der Waals surface area (Å²) in [5.41, 5.74) is 3.45. The zero-order chi connectivity index (χ0) is 30.9. The van der Waals surface area contributed by atoms with Gasteiger partial charge in [0, 0.05) is 12.0 Å². The molecule has 6 rings (SSSR count). The van der Waals surface area contributed by atoms with Crippen molar-refractivity contribution in [2.45, 2.75) is 56.6 Å². The first-order valence-corrected chi connectivity index (χ1v) is 15.3. The van der Waals surface area contributed by atoms with E-state index in [1.54, 1.807) is 19.2 Å². The minimum Gasteiger partial charge on any atom is -0.497 e. The SMILES string of the molecule is COC(=O)C1(Nc2cccc(Cl)c2F)CCC2(CC1)C(C[C@@H](C)COCc1ccc(OC)cc1)=Cc1cc3c(cc12)OCO3. The largest absolute Gasteiger partial charge is 0.497 e. The van der Waals surface area contributed by atoms with Crippen LogP contribution in [-0.2, 0) is 26.3 Å². The molecular formula is C35H37ClFNO6. The average molecular weight is 622 g/mol. The van der Waals surface area contributed by atoms with Gasteiger partial charge in [0.15, 0.2) is 17.3 Å². The number of anilines is 1. The number of nitrogens with one attached hydrogen (secondary N) is 1. The molecule has 1 fully saturated rings. The molecule has 1 saturated carbocycles. The van der Waals surface area contributed by atoms with Crippen LogP contribution in [0.2, 0.25) is 5.02 Å². The van der Waals surface area contributed by atoms with E-state index in [9.17, 15) is 9.18 Å². The molecule has 9 heteroatoms. The summed E-state index contributed by atoms with van der Waals surface area (Å²) in [4.78, 5) is 13.3. The van der Waals surface area contributed by atoms with Crippen molar-refractivity contribution in [1.82, 2.24) is 0 Å². The zero-order valence-corrected chi connectivity index (χ0v) is 26.0. The summed E-state index contributed by atoms with van der Waals surface area (Å²) >= 11 is 6.07. The number of ether oxygens (including phenoxy) is 5. The van der Waals surface area contributed by atoms with Crippen LogP contribution in [0.4, 0.5) is 10.1 Å². The zero-order valence-electron chi connectivity index (χ0n) is 25.2. The van der Waals surface area contributed by atoms with E-state index in [2.05, 4.69) is 30.4 Å². The highest BCUT2D eigenvalue weighted by molar-refractivity contribution is 6.31. The molecule has 1 atom stereocenters. The molecular weight excluding hydrogens is 585 g/mol. The summed E-state index contributed by atoms with van der Waals surface area (Å²) in [7, 11) is 3.02. The molecule has 232 valence electrons. The molecule has 3 aromatic carbocycles. The molecule has 0 radical (unpaired) electrons. The number of methoxy groups -OCH3 is 2. The van der Waals surface area contributed by atoms with Gasteiger partial charge in [-0.3, -0.25) is 0 Å². The summed E-state index contributed by atoms with van der Waals surface area (Å²) in [6, 6.07) is 16.8. The van der Waals surface area contributed by atoms with Crippen LogP contribution in [-0.4, -0.2) is 39.1 Å². The topological polar surface area (TPSA) is 75.3 Å². The van der Waals surface area contributed by atoms with Crippen LogP contribution in [0.3, 0.4) is 0 Å². The van der Waals surface area contributed by atoms with E-state index < -0.39 is 17.3 Å². The van der Waals surface area contributed by atoms with E-state index in [4.69, 9.17) is 35.3 Å². The predicted octanol–water partition coefficient (Wildman–Crippen LogP) is 7.69. The monoisotopic (exact) mass is 621 g/mol. The van der Waals surface area contributed by atoms with Crippen LogP contribution in [0.25, 0.3) is 6.08 Å². The van der Waals surface area contributed by atoms with Crippen LogP contribution < -0.4 is 19.5 Å². The van der Waals surface area contributed by atoms with Crippen molar-refractivity contribution in [3.05, 3.63) is 87.7 Å². The quantitative estimate of drug-likeness (QED) is 0.233. The Balaban J connectivity index is 1.23. The van der Waals surface area contributed by atoms with Gasteiger partial charge in [0.05, 0.1) is 31.5 Å². The van der Waals surface area contributed by atoms with Gasteiger partial charge in [-0.2, -0.15) is 0 Å². The maximum Gasteiger partial charge on any atom is 0.331 e. The number of benzene rings is 3. The molecule has 1 N–H and O–H groups in total. The van der Waals surface area contributed by atoms with Crippen molar-refractivity contribution in [1.29, 1.82) is 0 Å². The van der Waals surface area contributed by atoms with Crippen LogP contribution in [0.1, 0.15) is 55.7 Å². The third-order valence-corrected chi connectivity index (χ3v) is 9.55. The summed E-state index contributed by atoms with van der Waals surface area (Å²) in [6.07, 6.45) is 5.31. The average Bonchev–Trinajstić information content (AvgIpc) is 3.61. The molecule has 0 saturated heterocycles. The van der Waals surface area contributed by atoms with Gasteiger partial charge in [0.1, 0.15) is 11.3 Å². The van der Waals surface area contributed by atoms with E-state index in [1.807, 2.05) is 24.3 Å². The van der Waals surface area contributed by atoms with Crippen molar-refractivity contribution < 1.29 is 32.9 Å². The number of halogens is 2. The second-order valence-electron chi connectivity index (χ2n) is 12.0. The second-order valence-corrected chi connectivity index (χ2v) is 12.4. The highest BCUT2D eigenvalue weighted by atomic mass is 35.5. The number of carbonyl (C=O) groups is 1. The van der Waals surface area contributed by atoms with Gasteiger partial charge in [-0.25, -0.2) is 9.18 Å². The normalized spacial score (nSPS) is 22.3. The van der Waals surface area contributed by atoms with Gasteiger partial charge >= 0.3 is 5.97 Å². The lowest BCUT2D eigenvalue weighted by molar-refractivity contribution is -0.147. The highest BCUT2D eigenvalue weighted by Crippen LogP contribution is 2.57. The molecule has 44 heavy (non-hydrogen) atoms. The number of esters is 1. The van der Waals surface area contributed by atoms with Crippen LogP contribution >= 0.6 is 11.6 Å².